The van der Waals surface area contributed by atoms with E-state index in [1.54, 1.807) is 33.4 Å². The van der Waals surface area contributed by atoms with Gasteiger partial charge >= 0.3 is 0 Å². The van der Waals surface area contributed by atoms with Crippen molar-refractivity contribution in [3.8, 4) is 16.5 Å². The fourth-order valence-electron chi connectivity index (χ4n) is 2.81. The Morgan fingerprint density at radius 3 is 2.93 bits per heavy atom. The third-order valence-electron chi connectivity index (χ3n) is 4.13. The number of amides is 1. The summed E-state index contributed by atoms with van der Waals surface area (Å²) < 4.78 is 1.54. The molecule has 0 spiro atoms. The molecule has 0 aliphatic carbocycles. The summed E-state index contributed by atoms with van der Waals surface area (Å²) in [5.74, 6) is -0.190. The van der Waals surface area contributed by atoms with E-state index < -0.39 is 0 Å². The lowest BCUT2D eigenvalue weighted by Gasteiger charge is -2.10. The molecule has 0 saturated carbocycles. The molecule has 4 aromatic heterocycles. The number of rotatable bonds is 7. The molecular weight excluding hydrogens is 457 g/mol. The van der Waals surface area contributed by atoms with Crippen LogP contribution in [0.2, 0.25) is 0 Å². The number of allylic oxidation sites excluding steroid dienone is 1. The third kappa shape index (κ3) is 3.97. The number of thioether (sulfide) groups is 1. The highest BCUT2D eigenvalue weighted by atomic mass is 32.2. The molecule has 10 heteroatoms. The zero-order valence-electron chi connectivity index (χ0n) is 15.5. The first kappa shape index (κ1) is 20.6. The van der Waals surface area contributed by atoms with Gasteiger partial charge in [0.15, 0.2) is 5.16 Å². The number of hydrogen-bond donors (Lipinski definition) is 1. The summed E-state index contributed by atoms with van der Waals surface area (Å²) in [6.07, 6.45) is 1.64. The minimum atomic E-state index is -0.260. The Labute approximate surface area is 188 Å². The van der Waals surface area contributed by atoms with Crippen LogP contribution < -0.4 is 10.9 Å². The number of fused-ring (bicyclic) bond motifs is 1. The zero-order chi connectivity index (χ0) is 21.1. The van der Waals surface area contributed by atoms with E-state index in [2.05, 4.69) is 16.9 Å². The van der Waals surface area contributed by atoms with Gasteiger partial charge in [-0.15, -0.1) is 40.6 Å². The molecule has 0 atom stereocenters. The van der Waals surface area contributed by atoms with E-state index in [0.717, 1.165) is 10.4 Å². The predicted octanol–water partition coefficient (Wildman–Crippen LogP) is 5.04. The highest BCUT2D eigenvalue weighted by Crippen LogP contribution is 2.34. The predicted molar refractivity (Wildman–Crippen MR) is 126 cm³/mol. The zero-order valence-corrected chi connectivity index (χ0v) is 18.7. The van der Waals surface area contributed by atoms with Crippen molar-refractivity contribution in [3.05, 3.63) is 62.9 Å². The summed E-state index contributed by atoms with van der Waals surface area (Å²) in [6, 6.07) is 7.64. The second-order valence-corrected chi connectivity index (χ2v) is 9.68. The van der Waals surface area contributed by atoms with Gasteiger partial charge in [0.1, 0.15) is 15.9 Å². The normalized spacial score (nSPS) is 10.8. The molecule has 150 valence electrons. The average molecular weight is 471 g/mol. The van der Waals surface area contributed by atoms with Crippen molar-refractivity contribution in [1.29, 1.82) is 5.26 Å². The van der Waals surface area contributed by atoms with Crippen molar-refractivity contribution in [1.82, 2.24) is 9.55 Å². The highest BCUT2D eigenvalue weighted by Gasteiger charge is 2.18. The van der Waals surface area contributed by atoms with Crippen molar-refractivity contribution in [2.45, 2.75) is 11.7 Å². The van der Waals surface area contributed by atoms with Gasteiger partial charge in [0.2, 0.25) is 5.91 Å². The Morgan fingerprint density at radius 1 is 1.33 bits per heavy atom. The molecule has 1 N–H and O–H groups in total. The van der Waals surface area contributed by atoms with Crippen molar-refractivity contribution >= 4 is 66.9 Å². The monoisotopic (exact) mass is 470 g/mol. The smallest absolute Gasteiger partial charge is 0.263 e. The number of carbonyl (C=O) groups is 1. The molecule has 0 bridgehead atoms. The summed E-state index contributed by atoms with van der Waals surface area (Å²) in [7, 11) is 0. The average Bonchev–Trinajstić information content (AvgIpc) is 3.49. The van der Waals surface area contributed by atoms with Crippen LogP contribution in [-0.2, 0) is 11.3 Å². The van der Waals surface area contributed by atoms with Crippen LogP contribution in [0.1, 0.15) is 5.56 Å². The molecule has 4 aromatic rings. The first-order chi connectivity index (χ1) is 14.6. The quantitative estimate of drug-likeness (QED) is 0.232. The molecule has 0 aliphatic heterocycles. The first-order valence-electron chi connectivity index (χ1n) is 8.69. The van der Waals surface area contributed by atoms with Crippen LogP contribution in [0.4, 0.5) is 5.00 Å². The van der Waals surface area contributed by atoms with Gasteiger partial charge in [-0.1, -0.05) is 23.9 Å². The molecule has 0 aliphatic rings. The van der Waals surface area contributed by atoms with Gasteiger partial charge in [-0.3, -0.25) is 14.2 Å². The lowest BCUT2D eigenvalue weighted by molar-refractivity contribution is -0.113. The number of hydrogen-bond acceptors (Lipinski definition) is 8. The maximum Gasteiger partial charge on any atom is 0.263 e. The summed E-state index contributed by atoms with van der Waals surface area (Å²) in [5, 5.41) is 19.1. The lowest BCUT2D eigenvalue weighted by Crippen LogP contribution is -2.23. The van der Waals surface area contributed by atoms with Gasteiger partial charge in [0.05, 0.1) is 16.7 Å². The Morgan fingerprint density at radius 2 is 2.20 bits per heavy atom. The van der Waals surface area contributed by atoms with E-state index in [0.29, 0.717) is 32.5 Å². The molecule has 0 saturated heterocycles. The fraction of sp³-hybridized carbons (Fsp3) is 0.100. The van der Waals surface area contributed by atoms with Crippen molar-refractivity contribution in [2.75, 3.05) is 11.1 Å². The minimum absolute atomic E-state index is 0.0705. The SMILES string of the molecule is C=CCn1c(SCC(=O)Nc2sccc2C#N)nc2scc(-c3cccs3)c2c1=O. The summed E-state index contributed by atoms with van der Waals surface area (Å²) in [4.78, 5) is 31.9. The van der Waals surface area contributed by atoms with Crippen LogP contribution in [-0.4, -0.2) is 21.2 Å². The number of nitrogens with zero attached hydrogens (tertiary/aromatic N) is 3. The molecular formula is C20H14N4O2S4. The highest BCUT2D eigenvalue weighted by molar-refractivity contribution is 7.99. The van der Waals surface area contributed by atoms with Gasteiger partial charge in [0.25, 0.3) is 5.56 Å². The number of nitrogens with one attached hydrogen (secondary N) is 1. The Hall–Kier alpha value is -2.71. The summed E-state index contributed by atoms with van der Waals surface area (Å²) in [5.41, 5.74) is 1.18. The third-order valence-corrected chi connectivity index (χ3v) is 7.71. The van der Waals surface area contributed by atoms with E-state index in [4.69, 9.17) is 5.26 Å². The van der Waals surface area contributed by atoms with E-state index in [1.165, 1.54) is 34.4 Å². The number of nitriles is 1. The fourth-order valence-corrected chi connectivity index (χ4v) is 6.17. The second-order valence-electron chi connectivity index (χ2n) is 6.02. The van der Waals surface area contributed by atoms with Gasteiger partial charge in [-0.25, -0.2) is 4.98 Å². The maximum absolute atomic E-state index is 13.2. The summed E-state index contributed by atoms with van der Waals surface area (Å²) >= 11 is 5.48. The van der Waals surface area contributed by atoms with Crippen LogP contribution in [0, 0.1) is 11.3 Å². The summed E-state index contributed by atoms with van der Waals surface area (Å²) in [6.45, 7) is 4.04. The van der Waals surface area contributed by atoms with Crippen LogP contribution in [0.25, 0.3) is 20.7 Å². The Kier molecular flexibility index (Phi) is 6.15. The molecule has 0 aromatic carbocycles. The van der Waals surface area contributed by atoms with E-state index in [1.807, 2.05) is 29.0 Å². The maximum atomic E-state index is 13.2. The number of carbonyl (C=O) groups excluding carboxylic acids is 1. The molecule has 1 amide bonds. The molecule has 4 rings (SSSR count). The van der Waals surface area contributed by atoms with Crippen molar-refractivity contribution in [3.63, 3.8) is 0 Å². The topological polar surface area (TPSA) is 87.8 Å². The molecule has 0 fully saturated rings. The molecule has 6 nitrogen and oxygen atoms in total. The largest absolute Gasteiger partial charge is 0.316 e. The lowest BCUT2D eigenvalue weighted by atomic mass is 10.2. The van der Waals surface area contributed by atoms with Gasteiger partial charge in [0, 0.05) is 22.4 Å². The molecule has 0 radical (unpaired) electrons. The van der Waals surface area contributed by atoms with Crippen LogP contribution in [0.3, 0.4) is 0 Å². The van der Waals surface area contributed by atoms with Crippen LogP contribution in [0.5, 0.6) is 0 Å². The van der Waals surface area contributed by atoms with Crippen molar-refractivity contribution < 1.29 is 4.79 Å². The van der Waals surface area contributed by atoms with E-state index >= 15 is 0 Å². The molecule has 4 heterocycles. The number of anilines is 1. The Balaban J connectivity index is 1.63. The number of thiophene rings is 3. The van der Waals surface area contributed by atoms with E-state index in [9.17, 15) is 9.59 Å². The minimum Gasteiger partial charge on any atom is -0.316 e. The molecule has 30 heavy (non-hydrogen) atoms. The number of aromatic nitrogens is 2. The van der Waals surface area contributed by atoms with Crippen LogP contribution >= 0.6 is 45.8 Å². The second kappa shape index (κ2) is 8.97. The first-order valence-corrected chi connectivity index (χ1v) is 12.3. The Bertz CT molecular complexity index is 1330. The van der Waals surface area contributed by atoms with Gasteiger partial charge < -0.3 is 5.32 Å². The molecule has 0 unspecified atom stereocenters. The van der Waals surface area contributed by atoms with Gasteiger partial charge in [-0.05, 0) is 22.9 Å². The van der Waals surface area contributed by atoms with Gasteiger partial charge in [-0.2, -0.15) is 5.26 Å². The standard InChI is InChI=1S/C20H14N4O2S4/c1-2-6-24-19(26)16-13(14-4-3-7-27-14)10-29-18(16)23-20(24)30-11-15(25)22-17-12(9-21)5-8-28-17/h2-5,7-8,10H,1,6,11H2,(H,22,25). The van der Waals surface area contributed by atoms with E-state index in [-0.39, 0.29) is 17.2 Å². The van der Waals surface area contributed by atoms with Crippen LogP contribution in [0.15, 0.2) is 56.9 Å². The van der Waals surface area contributed by atoms with Crippen molar-refractivity contribution in [2.24, 2.45) is 0 Å².